The largest absolute Gasteiger partial charge is 0.700 e. The zero-order valence-corrected chi connectivity index (χ0v) is 3.68. The van der Waals surface area contributed by atoms with Crippen molar-refractivity contribution in [2.24, 2.45) is 0 Å². The summed E-state index contributed by atoms with van der Waals surface area (Å²) in [5, 5.41) is 9.94. The third-order valence-electron chi connectivity index (χ3n) is 0.373. The van der Waals surface area contributed by atoms with Crippen LogP contribution in [0.4, 0.5) is 0 Å². The Hall–Kier alpha value is -0.640. The zero-order valence-electron chi connectivity index (χ0n) is 2.87. The van der Waals surface area contributed by atoms with E-state index < -0.39 is 0 Å². The summed E-state index contributed by atoms with van der Waals surface area (Å²) in [5.74, 6) is 0. The van der Waals surface area contributed by atoms with E-state index in [0.29, 0.717) is 4.12 Å². The third kappa shape index (κ3) is 0.463. The van der Waals surface area contributed by atoms with Crippen LogP contribution in [0.15, 0.2) is 11.8 Å². The Kier molecular flexibility index (Phi) is 0.719. The highest BCUT2D eigenvalue weighted by atomic mass is 32.1. The lowest BCUT2D eigenvalue weighted by atomic mass is 11.3. The van der Waals surface area contributed by atoms with E-state index in [0.717, 1.165) is 11.5 Å². The summed E-state index contributed by atoms with van der Waals surface area (Å²) in [6.45, 7) is 0. The monoisotopic (exact) mass is 102 g/mol. The van der Waals surface area contributed by atoms with Gasteiger partial charge in [0.2, 0.25) is 5.51 Å². The molecule has 0 amide bonds. The smallest absolute Gasteiger partial charge is 0.301 e. The van der Waals surface area contributed by atoms with Crippen molar-refractivity contribution < 1.29 is 4.12 Å². The van der Waals surface area contributed by atoms with E-state index >= 15 is 0 Å². The number of hydrogen-bond donors (Lipinski definition) is 0. The predicted molar refractivity (Wildman–Crippen MR) is 21.1 cm³/mol. The van der Waals surface area contributed by atoms with Gasteiger partial charge in [-0.05, 0) is 4.98 Å². The van der Waals surface area contributed by atoms with Gasteiger partial charge >= 0.3 is 6.33 Å². The maximum absolute atomic E-state index is 9.94. The molecule has 0 saturated heterocycles. The molecule has 1 heterocycles. The second-order valence-corrected chi connectivity index (χ2v) is 1.54. The fourth-order valence-corrected chi connectivity index (χ4v) is 0.493. The molecule has 6 heavy (non-hydrogen) atoms. The number of aromatic nitrogens is 2. The van der Waals surface area contributed by atoms with Gasteiger partial charge in [0, 0.05) is 0 Å². The summed E-state index contributed by atoms with van der Waals surface area (Å²) >= 11 is 1.03. The fraction of sp³-hybridized carbons (Fsp3) is 0. The van der Waals surface area contributed by atoms with Crippen LogP contribution in [-0.2, 0) is 0 Å². The molecule has 0 aliphatic carbocycles. The van der Waals surface area contributed by atoms with E-state index in [1.165, 1.54) is 11.8 Å². The maximum Gasteiger partial charge on any atom is 0.301 e. The van der Waals surface area contributed by atoms with Crippen LogP contribution in [0.25, 0.3) is 0 Å². The molecule has 0 aliphatic heterocycles. The molecule has 0 spiro atoms. The second kappa shape index (κ2) is 1.22. The molecule has 0 aliphatic rings. The standard InChI is InChI=1S/C2H2N2OS/c5-4-1-3-2-6-4/h1-2H. The summed E-state index contributed by atoms with van der Waals surface area (Å²) in [6.07, 6.45) is 1.21. The predicted octanol–water partition coefficient (Wildman–Crippen LogP) is -0.223. The first-order valence-electron chi connectivity index (χ1n) is 1.38. The van der Waals surface area contributed by atoms with Gasteiger partial charge in [0.1, 0.15) is 0 Å². The van der Waals surface area contributed by atoms with Crippen LogP contribution < -0.4 is 4.12 Å². The van der Waals surface area contributed by atoms with Crippen LogP contribution in [0, 0.1) is 5.21 Å². The van der Waals surface area contributed by atoms with Gasteiger partial charge in [0.15, 0.2) is 0 Å². The van der Waals surface area contributed by atoms with Gasteiger partial charge < -0.3 is 5.21 Å². The third-order valence-corrected chi connectivity index (χ3v) is 0.891. The molecule has 0 unspecified atom stereocenters. The minimum atomic E-state index is 0.681. The lowest BCUT2D eigenvalue weighted by Gasteiger charge is -1.82. The molecule has 0 bridgehead atoms. The van der Waals surface area contributed by atoms with Crippen molar-refractivity contribution >= 4 is 11.5 Å². The molecule has 3 nitrogen and oxygen atoms in total. The summed E-state index contributed by atoms with van der Waals surface area (Å²) < 4.78 is 0.681. The number of hydrogen-bond acceptors (Lipinski definition) is 3. The first-order chi connectivity index (χ1) is 2.89. The van der Waals surface area contributed by atoms with E-state index in [4.69, 9.17) is 0 Å². The topological polar surface area (TPSA) is 39.8 Å². The van der Waals surface area contributed by atoms with E-state index in [2.05, 4.69) is 4.98 Å². The van der Waals surface area contributed by atoms with Gasteiger partial charge in [0.25, 0.3) is 0 Å². The van der Waals surface area contributed by atoms with Crippen molar-refractivity contribution in [1.29, 1.82) is 0 Å². The van der Waals surface area contributed by atoms with E-state index in [1.807, 2.05) is 0 Å². The van der Waals surface area contributed by atoms with Crippen LogP contribution in [0.2, 0.25) is 0 Å². The molecule has 32 valence electrons. The summed E-state index contributed by atoms with van der Waals surface area (Å²) in [4.78, 5) is 3.49. The highest BCUT2D eigenvalue weighted by Crippen LogP contribution is 1.74. The van der Waals surface area contributed by atoms with Crippen molar-refractivity contribution in [3.63, 3.8) is 0 Å². The van der Waals surface area contributed by atoms with Gasteiger partial charge in [-0.2, -0.15) is 4.12 Å². The Balaban J connectivity index is 3.05. The highest BCUT2D eigenvalue weighted by molar-refractivity contribution is 6.99. The van der Waals surface area contributed by atoms with E-state index in [-0.39, 0.29) is 0 Å². The first kappa shape index (κ1) is 3.55. The van der Waals surface area contributed by atoms with Gasteiger partial charge in [-0.1, -0.05) is 0 Å². The number of nitrogens with zero attached hydrogens (tertiary/aromatic N) is 2. The lowest BCUT2D eigenvalue weighted by Crippen LogP contribution is -2.16. The SMILES string of the molecule is [O-][n+]1cncs1. The molecule has 0 aromatic carbocycles. The van der Waals surface area contributed by atoms with Crippen molar-refractivity contribution in [3.8, 4) is 0 Å². The van der Waals surface area contributed by atoms with Gasteiger partial charge in [-0.15, -0.1) is 0 Å². The maximum atomic E-state index is 9.94. The molecule has 0 atom stereocenters. The summed E-state index contributed by atoms with van der Waals surface area (Å²) in [5.41, 5.74) is 1.48. The molecule has 0 N–H and O–H groups in total. The van der Waals surface area contributed by atoms with Crippen LogP contribution >= 0.6 is 11.5 Å². The van der Waals surface area contributed by atoms with Crippen LogP contribution in [-0.4, -0.2) is 4.98 Å². The first-order valence-corrected chi connectivity index (χ1v) is 2.21. The molecule has 1 aromatic rings. The van der Waals surface area contributed by atoms with E-state index in [1.54, 1.807) is 0 Å². The van der Waals surface area contributed by atoms with Crippen molar-refractivity contribution in [2.45, 2.75) is 0 Å². The minimum Gasteiger partial charge on any atom is -0.700 e. The Labute approximate surface area is 38.6 Å². The van der Waals surface area contributed by atoms with E-state index in [9.17, 15) is 5.21 Å². The van der Waals surface area contributed by atoms with Gasteiger partial charge in [-0.3, -0.25) is 0 Å². The molecule has 1 rings (SSSR count). The molecule has 1 aromatic heterocycles. The Morgan fingerprint density at radius 1 is 1.83 bits per heavy atom. The molecular weight excluding hydrogens is 100 g/mol. The second-order valence-electron chi connectivity index (χ2n) is 0.761. The lowest BCUT2D eigenvalue weighted by molar-refractivity contribution is -0.532. The van der Waals surface area contributed by atoms with Crippen molar-refractivity contribution in [1.82, 2.24) is 4.98 Å². The normalized spacial score (nSPS) is 8.67. The van der Waals surface area contributed by atoms with Crippen molar-refractivity contribution in [3.05, 3.63) is 17.0 Å². The summed E-state index contributed by atoms with van der Waals surface area (Å²) in [7, 11) is 0. The molecule has 0 radical (unpaired) electrons. The Bertz CT molecular complexity index is 115. The van der Waals surface area contributed by atoms with Crippen LogP contribution in [0.1, 0.15) is 0 Å². The molecule has 4 heteroatoms. The number of rotatable bonds is 0. The summed E-state index contributed by atoms with van der Waals surface area (Å²) in [6, 6.07) is 0. The molecular formula is C2H2N2OS. The molecule has 0 fully saturated rings. The fourth-order valence-electron chi connectivity index (χ4n) is 0.183. The Morgan fingerprint density at radius 2 is 2.67 bits per heavy atom. The quantitative estimate of drug-likeness (QED) is 0.335. The van der Waals surface area contributed by atoms with Gasteiger partial charge in [0.05, 0.1) is 11.5 Å². The minimum absolute atomic E-state index is 0.681. The van der Waals surface area contributed by atoms with Gasteiger partial charge in [-0.25, -0.2) is 0 Å². The van der Waals surface area contributed by atoms with Crippen molar-refractivity contribution in [2.75, 3.05) is 0 Å². The zero-order chi connectivity index (χ0) is 4.41. The molecule has 0 saturated carbocycles. The van der Waals surface area contributed by atoms with Crippen LogP contribution in [0.5, 0.6) is 0 Å². The average molecular weight is 102 g/mol. The Morgan fingerprint density at radius 3 is 2.83 bits per heavy atom. The average Bonchev–Trinajstić information content (AvgIpc) is 1.86. The highest BCUT2D eigenvalue weighted by Gasteiger charge is 1.80. The van der Waals surface area contributed by atoms with Crippen LogP contribution in [0.3, 0.4) is 0 Å².